The van der Waals surface area contributed by atoms with Gasteiger partial charge in [0.1, 0.15) is 0 Å². The van der Waals surface area contributed by atoms with Crippen molar-refractivity contribution < 1.29 is 0 Å². The molecule has 0 aliphatic rings. The fourth-order valence-electron chi connectivity index (χ4n) is 7.71. The second-order valence-corrected chi connectivity index (χ2v) is 13.3. The Morgan fingerprint density at radius 3 is 1.81 bits per heavy atom. The summed E-state index contributed by atoms with van der Waals surface area (Å²) in [4.78, 5) is 6.58. The van der Waals surface area contributed by atoms with E-state index >= 15 is 0 Å². The molecule has 0 aliphatic carbocycles. The van der Waals surface area contributed by atoms with Crippen molar-refractivity contribution in [2.75, 3.05) is 4.90 Å². The monoisotopic (exact) mass is 663 g/mol. The van der Waals surface area contributed by atoms with E-state index in [0.717, 1.165) is 22.7 Å². The van der Waals surface area contributed by atoms with E-state index in [-0.39, 0.29) is 0 Å². The van der Waals surface area contributed by atoms with Gasteiger partial charge in [-0.25, -0.2) is 0 Å². The lowest BCUT2D eigenvalue weighted by atomic mass is 9.97. The number of pyridine rings is 1. The molecule has 0 saturated heterocycles. The summed E-state index contributed by atoms with van der Waals surface area (Å²) < 4.78 is 2.37. The van der Waals surface area contributed by atoms with Crippen LogP contribution in [0.1, 0.15) is 11.1 Å². The summed E-state index contributed by atoms with van der Waals surface area (Å²) in [6.07, 6.45) is 8.14. The molecule has 244 valence electrons. The van der Waals surface area contributed by atoms with Gasteiger partial charge in [-0.15, -0.1) is 0 Å². The molecular weight excluding hydrogens is 631 g/mol. The molecule has 3 nitrogen and oxygen atoms in total. The predicted molar refractivity (Wildman–Crippen MR) is 220 cm³/mol. The second kappa shape index (κ2) is 12.4. The molecule has 0 spiro atoms. The highest BCUT2D eigenvalue weighted by Crippen LogP contribution is 2.41. The normalized spacial score (nSPS) is 11.8. The quantitative estimate of drug-likeness (QED) is 0.125. The maximum atomic E-state index is 4.28. The van der Waals surface area contributed by atoms with Gasteiger partial charge in [0.25, 0.3) is 0 Å². The minimum Gasteiger partial charge on any atom is -0.310 e. The molecule has 0 aliphatic heterocycles. The van der Waals surface area contributed by atoms with Gasteiger partial charge in [-0.1, -0.05) is 115 Å². The van der Waals surface area contributed by atoms with Crippen molar-refractivity contribution in [3.8, 4) is 16.8 Å². The molecular formula is C49H33N3. The SMILES string of the molecule is C(=C\c1ccc2cc(N(c3ccccc3)c3ccccc3)ccc2c1)/c1ccc(-c2cc3ccc4cccc5c4c3c(c2)n5-c2ccncc2)cc1. The molecule has 0 unspecified atom stereocenters. The van der Waals surface area contributed by atoms with Gasteiger partial charge in [-0.2, -0.15) is 0 Å². The Hall–Kier alpha value is -6.97. The van der Waals surface area contributed by atoms with E-state index in [0.29, 0.717) is 0 Å². The Bertz CT molecular complexity index is 2830. The van der Waals surface area contributed by atoms with E-state index in [1.165, 1.54) is 65.6 Å². The third-order valence-electron chi connectivity index (χ3n) is 10.2. The molecule has 0 bridgehead atoms. The van der Waals surface area contributed by atoms with Gasteiger partial charge in [0, 0.05) is 45.9 Å². The highest BCUT2D eigenvalue weighted by atomic mass is 15.1. The summed E-state index contributed by atoms with van der Waals surface area (Å²) in [5, 5.41) is 7.57. The minimum atomic E-state index is 1.12. The first-order chi connectivity index (χ1) is 25.8. The zero-order chi connectivity index (χ0) is 34.4. The highest BCUT2D eigenvalue weighted by Gasteiger charge is 2.18. The molecule has 2 aromatic heterocycles. The van der Waals surface area contributed by atoms with Crippen molar-refractivity contribution in [3.05, 3.63) is 199 Å². The van der Waals surface area contributed by atoms with Gasteiger partial charge in [-0.3, -0.25) is 4.98 Å². The molecule has 0 fully saturated rings. The fourth-order valence-corrected chi connectivity index (χ4v) is 7.71. The van der Waals surface area contributed by atoms with Crippen molar-refractivity contribution in [1.82, 2.24) is 9.55 Å². The first kappa shape index (κ1) is 29.9. The zero-order valence-corrected chi connectivity index (χ0v) is 28.4. The van der Waals surface area contributed by atoms with Crippen molar-refractivity contribution in [2.24, 2.45) is 0 Å². The van der Waals surface area contributed by atoms with Crippen LogP contribution in [0.25, 0.3) is 72.3 Å². The van der Waals surface area contributed by atoms with Crippen LogP contribution in [0, 0.1) is 0 Å². The Labute approximate surface area is 302 Å². The second-order valence-electron chi connectivity index (χ2n) is 13.3. The Balaban J connectivity index is 0.949. The van der Waals surface area contributed by atoms with E-state index in [1.54, 1.807) is 0 Å². The average molecular weight is 664 g/mol. The summed E-state index contributed by atoms with van der Waals surface area (Å²) in [5.74, 6) is 0. The molecule has 10 rings (SSSR count). The number of hydrogen-bond donors (Lipinski definition) is 0. The number of nitrogens with zero attached hydrogens (tertiary/aromatic N) is 3. The Morgan fingerprint density at radius 1 is 0.404 bits per heavy atom. The number of rotatable bonds is 7. The molecule has 52 heavy (non-hydrogen) atoms. The number of aromatic nitrogens is 2. The highest BCUT2D eigenvalue weighted by molar-refractivity contribution is 6.25. The van der Waals surface area contributed by atoms with Gasteiger partial charge in [-0.05, 0) is 117 Å². The number of anilines is 3. The summed E-state index contributed by atoms with van der Waals surface area (Å²) in [6, 6.07) is 63.3. The first-order valence-electron chi connectivity index (χ1n) is 17.7. The third-order valence-corrected chi connectivity index (χ3v) is 10.2. The third kappa shape index (κ3) is 5.19. The van der Waals surface area contributed by atoms with Crippen LogP contribution in [0.5, 0.6) is 0 Å². The Morgan fingerprint density at radius 2 is 1.04 bits per heavy atom. The number of benzene rings is 8. The average Bonchev–Trinajstić information content (AvgIpc) is 3.56. The van der Waals surface area contributed by atoms with E-state index in [4.69, 9.17) is 0 Å². The van der Waals surface area contributed by atoms with Crippen LogP contribution >= 0.6 is 0 Å². The van der Waals surface area contributed by atoms with Crippen LogP contribution in [0.2, 0.25) is 0 Å². The molecule has 2 heterocycles. The lowest BCUT2D eigenvalue weighted by Crippen LogP contribution is -2.09. The molecule has 10 aromatic rings. The van der Waals surface area contributed by atoms with E-state index in [2.05, 4.69) is 203 Å². The number of hydrogen-bond acceptors (Lipinski definition) is 2. The molecule has 0 radical (unpaired) electrons. The van der Waals surface area contributed by atoms with Gasteiger partial charge in [0.15, 0.2) is 0 Å². The maximum absolute atomic E-state index is 4.28. The molecule has 8 aromatic carbocycles. The molecule has 0 atom stereocenters. The van der Waals surface area contributed by atoms with Crippen LogP contribution < -0.4 is 4.90 Å². The fraction of sp³-hybridized carbons (Fsp3) is 0. The zero-order valence-electron chi connectivity index (χ0n) is 28.4. The maximum Gasteiger partial charge on any atom is 0.0553 e. The largest absolute Gasteiger partial charge is 0.310 e. The summed E-state index contributed by atoms with van der Waals surface area (Å²) in [5.41, 5.74) is 11.7. The Kier molecular flexibility index (Phi) is 7.14. The lowest BCUT2D eigenvalue weighted by molar-refractivity contribution is 1.16. The predicted octanol–water partition coefficient (Wildman–Crippen LogP) is 13.2. The molecule has 0 amide bonds. The van der Waals surface area contributed by atoms with Crippen molar-refractivity contribution in [2.45, 2.75) is 0 Å². The molecule has 3 heteroatoms. The first-order valence-corrected chi connectivity index (χ1v) is 17.7. The van der Waals surface area contributed by atoms with Crippen molar-refractivity contribution in [3.63, 3.8) is 0 Å². The lowest BCUT2D eigenvalue weighted by Gasteiger charge is -2.25. The smallest absolute Gasteiger partial charge is 0.0553 e. The van der Waals surface area contributed by atoms with Crippen LogP contribution in [-0.2, 0) is 0 Å². The van der Waals surface area contributed by atoms with Crippen LogP contribution in [0.15, 0.2) is 188 Å². The molecule has 0 N–H and O–H groups in total. The van der Waals surface area contributed by atoms with Gasteiger partial charge >= 0.3 is 0 Å². The summed E-state index contributed by atoms with van der Waals surface area (Å²) in [6.45, 7) is 0. The van der Waals surface area contributed by atoms with Gasteiger partial charge in [0.05, 0.1) is 11.0 Å². The summed E-state index contributed by atoms with van der Waals surface area (Å²) >= 11 is 0. The molecule has 0 saturated carbocycles. The van der Waals surface area contributed by atoms with E-state index in [9.17, 15) is 0 Å². The van der Waals surface area contributed by atoms with E-state index < -0.39 is 0 Å². The van der Waals surface area contributed by atoms with E-state index in [1.807, 2.05) is 12.4 Å². The van der Waals surface area contributed by atoms with Crippen LogP contribution in [0.4, 0.5) is 17.1 Å². The van der Waals surface area contributed by atoms with Crippen molar-refractivity contribution in [1.29, 1.82) is 0 Å². The minimum absolute atomic E-state index is 1.12. The topological polar surface area (TPSA) is 21.1 Å². The number of para-hydroxylation sites is 2. The van der Waals surface area contributed by atoms with Gasteiger partial charge < -0.3 is 9.47 Å². The van der Waals surface area contributed by atoms with Crippen LogP contribution in [-0.4, -0.2) is 9.55 Å². The van der Waals surface area contributed by atoms with Crippen LogP contribution in [0.3, 0.4) is 0 Å². The number of fused-ring (bicyclic) bond motifs is 1. The standard InChI is InChI=1S/C49H33N3/c1-3-9-42(10-4-1)51(43-11-5-2-6-12-43)45-25-24-38-30-35(18-21-39(38)32-45)15-14-34-16-19-36(20-17-34)41-31-40-23-22-37-8-7-13-46-48(37)49(40)47(33-41)52(46)44-26-28-50-29-27-44/h1-33H/b15-14+. The van der Waals surface area contributed by atoms with Crippen molar-refractivity contribution >= 4 is 72.6 Å². The summed E-state index contributed by atoms with van der Waals surface area (Å²) in [7, 11) is 0. The van der Waals surface area contributed by atoms with Gasteiger partial charge in [0.2, 0.25) is 0 Å².